The van der Waals surface area contributed by atoms with Gasteiger partial charge in [-0.3, -0.25) is 0 Å². The van der Waals surface area contributed by atoms with E-state index < -0.39 is 0 Å². The van der Waals surface area contributed by atoms with E-state index in [0.717, 1.165) is 5.25 Å². The summed E-state index contributed by atoms with van der Waals surface area (Å²) >= 11 is 4.24. The summed E-state index contributed by atoms with van der Waals surface area (Å²) in [6.07, 6.45) is 3.20. The molecule has 0 aromatic carbocycles. The summed E-state index contributed by atoms with van der Waals surface area (Å²) < 4.78 is 5.76. The average Bonchev–Trinajstić information content (AvgIpc) is 2.27. The zero-order valence-electron chi connectivity index (χ0n) is 10.3. The van der Waals surface area contributed by atoms with Gasteiger partial charge in [0.25, 0.3) is 0 Å². The quantitative estimate of drug-likeness (QED) is 0.842. The second-order valence-corrected chi connectivity index (χ2v) is 7.46. The van der Waals surface area contributed by atoms with E-state index in [0.29, 0.717) is 18.2 Å². The molecule has 0 aromatic rings. The van der Waals surface area contributed by atoms with Crippen LogP contribution >= 0.6 is 23.5 Å². The van der Waals surface area contributed by atoms with Crippen LogP contribution in [0.4, 0.5) is 0 Å². The molecule has 1 N–H and O–H groups in total. The Labute approximate surface area is 108 Å². The Hall–Kier alpha value is 0.620. The Kier molecular flexibility index (Phi) is 5.33. The van der Waals surface area contributed by atoms with Crippen molar-refractivity contribution in [1.82, 2.24) is 5.32 Å². The fourth-order valence-corrected chi connectivity index (χ4v) is 5.15. The molecule has 0 aromatic heterocycles. The molecule has 2 aliphatic rings. The first-order valence-corrected chi connectivity index (χ1v) is 8.52. The third kappa shape index (κ3) is 4.13. The summed E-state index contributed by atoms with van der Waals surface area (Å²) in [5.74, 6) is 4.00. The predicted octanol–water partition coefficient (Wildman–Crippen LogP) is 2.38. The number of rotatable bonds is 3. The minimum absolute atomic E-state index is 0.426. The molecule has 0 aliphatic carbocycles. The molecule has 2 saturated heterocycles. The van der Waals surface area contributed by atoms with Gasteiger partial charge in [-0.25, -0.2) is 0 Å². The van der Waals surface area contributed by atoms with Gasteiger partial charge in [-0.05, 0) is 26.7 Å². The monoisotopic (exact) mass is 261 g/mol. The van der Waals surface area contributed by atoms with E-state index in [1.807, 2.05) is 0 Å². The van der Waals surface area contributed by atoms with Crippen LogP contribution in [-0.2, 0) is 4.74 Å². The molecule has 0 amide bonds. The van der Waals surface area contributed by atoms with Gasteiger partial charge in [-0.2, -0.15) is 23.5 Å². The first kappa shape index (κ1) is 13.1. The molecule has 4 heteroatoms. The lowest BCUT2D eigenvalue weighted by molar-refractivity contribution is -0.0418. The fraction of sp³-hybridized carbons (Fsp3) is 1.00. The highest BCUT2D eigenvalue weighted by atomic mass is 32.2. The van der Waals surface area contributed by atoms with Crippen molar-refractivity contribution >= 4 is 23.5 Å². The van der Waals surface area contributed by atoms with E-state index in [2.05, 4.69) is 42.7 Å². The molecule has 94 valence electrons. The van der Waals surface area contributed by atoms with Gasteiger partial charge in [-0.15, -0.1) is 0 Å². The highest BCUT2D eigenvalue weighted by Gasteiger charge is 2.25. The third-order valence-corrected chi connectivity index (χ3v) is 6.06. The van der Waals surface area contributed by atoms with Gasteiger partial charge >= 0.3 is 0 Å². The number of nitrogens with one attached hydrogen (secondary N) is 1. The smallest absolute Gasteiger partial charge is 0.0565 e. The first-order valence-electron chi connectivity index (χ1n) is 6.32. The van der Waals surface area contributed by atoms with Crippen molar-refractivity contribution in [3.8, 4) is 0 Å². The summed E-state index contributed by atoms with van der Waals surface area (Å²) in [4.78, 5) is 0. The van der Waals surface area contributed by atoms with Crippen LogP contribution in [-0.4, -0.2) is 47.3 Å². The van der Waals surface area contributed by atoms with Crippen LogP contribution in [0.3, 0.4) is 0 Å². The van der Waals surface area contributed by atoms with E-state index in [1.165, 1.54) is 36.6 Å². The maximum absolute atomic E-state index is 5.76. The van der Waals surface area contributed by atoms with Gasteiger partial charge in [0.2, 0.25) is 0 Å². The topological polar surface area (TPSA) is 21.3 Å². The summed E-state index contributed by atoms with van der Waals surface area (Å²) in [6, 6.07) is 0.672. The molecule has 2 fully saturated rings. The van der Waals surface area contributed by atoms with Gasteiger partial charge in [0, 0.05) is 35.1 Å². The van der Waals surface area contributed by atoms with E-state index in [1.54, 1.807) is 0 Å². The van der Waals surface area contributed by atoms with Crippen LogP contribution in [0.25, 0.3) is 0 Å². The maximum Gasteiger partial charge on any atom is 0.0565 e. The molecular weight excluding hydrogens is 238 g/mol. The van der Waals surface area contributed by atoms with Crippen molar-refractivity contribution in [2.45, 2.75) is 50.2 Å². The SMILES string of the molecule is CC1CC(NCC2CSCCS2)CC(C)O1. The lowest BCUT2D eigenvalue weighted by Crippen LogP contribution is -2.44. The molecule has 2 aliphatic heterocycles. The second kappa shape index (κ2) is 6.53. The molecule has 0 radical (unpaired) electrons. The van der Waals surface area contributed by atoms with E-state index in [9.17, 15) is 0 Å². The lowest BCUT2D eigenvalue weighted by atomic mass is 10.00. The normalized spacial score (nSPS) is 40.9. The first-order chi connectivity index (χ1) is 7.74. The van der Waals surface area contributed by atoms with Crippen molar-refractivity contribution in [2.75, 3.05) is 23.8 Å². The number of ether oxygens (including phenoxy) is 1. The van der Waals surface area contributed by atoms with Crippen molar-refractivity contribution < 1.29 is 4.74 Å². The molecule has 2 rings (SSSR count). The van der Waals surface area contributed by atoms with E-state index in [4.69, 9.17) is 4.74 Å². The molecule has 3 unspecified atom stereocenters. The van der Waals surface area contributed by atoms with Crippen LogP contribution < -0.4 is 5.32 Å². The number of thioether (sulfide) groups is 2. The van der Waals surface area contributed by atoms with Gasteiger partial charge < -0.3 is 10.1 Å². The zero-order chi connectivity index (χ0) is 11.4. The lowest BCUT2D eigenvalue weighted by Gasteiger charge is -2.34. The summed E-state index contributed by atoms with van der Waals surface area (Å²) in [6.45, 7) is 5.56. The molecule has 3 atom stereocenters. The van der Waals surface area contributed by atoms with Gasteiger partial charge in [0.05, 0.1) is 12.2 Å². The molecular formula is C12H23NOS2. The average molecular weight is 261 g/mol. The highest BCUT2D eigenvalue weighted by molar-refractivity contribution is 8.06. The Bertz CT molecular complexity index is 199. The van der Waals surface area contributed by atoms with Crippen molar-refractivity contribution in [3.05, 3.63) is 0 Å². The minimum atomic E-state index is 0.426. The van der Waals surface area contributed by atoms with Crippen LogP contribution in [0.2, 0.25) is 0 Å². The molecule has 0 spiro atoms. The van der Waals surface area contributed by atoms with Crippen LogP contribution in [0.1, 0.15) is 26.7 Å². The third-order valence-electron chi connectivity index (χ3n) is 3.22. The van der Waals surface area contributed by atoms with Crippen molar-refractivity contribution in [3.63, 3.8) is 0 Å². The van der Waals surface area contributed by atoms with Gasteiger partial charge in [-0.1, -0.05) is 0 Å². The van der Waals surface area contributed by atoms with Crippen LogP contribution in [0.15, 0.2) is 0 Å². The largest absolute Gasteiger partial charge is 0.375 e. The Morgan fingerprint density at radius 3 is 2.56 bits per heavy atom. The number of hydrogen-bond donors (Lipinski definition) is 1. The van der Waals surface area contributed by atoms with Gasteiger partial charge in [0.15, 0.2) is 0 Å². The van der Waals surface area contributed by atoms with E-state index >= 15 is 0 Å². The van der Waals surface area contributed by atoms with Crippen molar-refractivity contribution in [1.29, 1.82) is 0 Å². The minimum Gasteiger partial charge on any atom is -0.375 e. The second-order valence-electron chi connectivity index (χ2n) is 4.90. The summed E-state index contributed by atoms with van der Waals surface area (Å²) in [5, 5.41) is 4.56. The van der Waals surface area contributed by atoms with Crippen molar-refractivity contribution in [2.24, 2.45) is 0 Å². The molecule has 2 nitrogen and oxygen atoms in total. The molecule has 0 bridgehead atoms. The predicted molar refractivity (Wildman–Crippen MR) is 74.6 cm³/mol. The van der Waals surface area contributed by atoms with E-state index in [-0.39, 0.29) is 0 Å². The van der Waals surface area contributed by atoms with Gasteiger partial charge in [0.1, 0.15) is 0 Å². The standard InChI is InChI=1S/C12H23NOS2/c1-9-5-11(6-10(2)14-9)13-7-12-8-15-3-4-16-12/h9-13H,3-8H2,1-2H3. The summed E-state index contributed by atoms with van der Waals surface area (Å²) in [7, 11) is 0. The molecule has 0 saturated carbocycles. The number of hydrogen-bond acceptors (Lipinski definition) is 4. The highest BCUT2D eigenvalue weighted by Crippen LogP contribution is 2.24. The zero-order valence-corrected chi connectivity index (χ0v) is 11.9. The van der Waals surface area contributed by atoms with Crippen LogP contribution in [0.5, 0.6) is 0 Å². The maximum atomic E-state index is 5.76. The Morgan fingerprint density at radius 2 is 1.94 bits per heavy atom. The Morgan fingerprint density at radius 1 is 1.19 bits per heavy atom. The molecule has 2 heterocycles. The van der Waals surface area contributed by atoms with Crippen LogP contribution in [0, 0.1) is 0 Å². The summed E-state index contributed by atoms with van der Waals surface area (Å²) in [5.41, 5.74) is 0. The Balaban J connectivity index is 1.68. The molecule has 16 heavy (non-hydrogen) atoms. The fourth-order valence-electron chi connectivity index (χ4n) is 2.52.